The zero-order valence-electron chi connectivity index (χ0n) is 13.1. The molecule has 1 aromatic heterocycles. The highest BCUT2D eigenvalue weighted by atomic mass is 32.1. The van der Waals surface area contributed by atoms with Gasteiger partial charge in [0.05, 0.1) is 17.9 Å². The maximum absolute atomic E-state index is 14.8. The first-order valence-electron chi connectivity index (χ1n) is 8.16. The van der Waals surface area contributed by atoms with Crippen molar-refractivity contribution in [2.24, 2.45) is 5.92 Å². The first-order valence-corrected chi connectivity index (χ1v) is 8.98. The molecular formula is C19H19FO2S. The molecule has 0 amide bonds. The number of thiophene rings is 1. The molecular weight excluding hydrogens is 311 g/mol. The van der Waals surface area contributed by atoms with Crippen LogP contribution in [0, 0.1) is 11.7 Å². The van der Waals surface area contributed by atoms with Crippen molar-refractivity contribution in [3.05, 3.63) is 36.1 Å². The fraction of sp³-hybridized carbons (Fsp3) is 0.368. The second kappa shape index (κ2) is 6.00. The molecule has 120 valence electrons. The van der Waals surface area contributed by atoms with Gasteiger partial charge in [-0.3, -0.25) is 0 Å². The Morgan fingerprint density at radius 2 is 1.96 bits per heavy atom. The molecule has 0 radical (unpaired) electrons. The Morgan fingerprint density at radius 1 is 1.13 bits per heavy atom. The van der Waals surface area contributed by atoms with E-state index in [9.17, 15) is 4.39 Å². The molecule has 2 aromatic carbocycles. The van der Waals surface area contributed by atoms with Crippen molar-refractivity contribution in [2.75, 3.05) is 13.2 Å². The molecule has 0 saturated heterocycles. The van der Waals surface area contributed by atoms with Crippen LogP contribution in [0.2, 0.25) is 0 Å². The fourth-order valence-electron chi connectivity index (χ4n) is 3.00. The Bertz CT molecular complexity index is 851. The van der Waals surface area contributed by atoms with Gasteiger partial charge in [-0.2, -0.15) is 0 Å². The average molecular weight is 330 g/mol. The van der Waals surface area contributed by atoms with Crippen molar-refractivity contribution >= 4 is 31.5 Å². The van der Waals surface area contributed by atoms with Gasteiger partial charge >= 0.3 is 0 Å². The van der Waals surface area contributed by atoms with E-state index in [0.717, 1.165) is 21.2 Å². The lowest BCUT2D eigenvalue weighted by Gasteiger charge is -2.25. The number of ether oxygens (including phenoxy) is 2. The molecule has 1 aliphatic rings. The fourth-order valence-corrected chi connectivity index (χ4v) is 4.17. The summed E-state index contributed by atoms with van der Waals surface area (Å²) in [6.07, 6.45) is 3.67. The predicted molar refractivity (Wildman–Crippen MR) is 93.3 cm³/mol. The Hall–Kier alpha value is -1.81. The van der Waals surface area contributed by atoms with Crippen LogP contribution < -0.4 is 9.47 Å². The van der Waals surface area contributed by atoms with E-state index in [0.29, 0.717) is 29.6 Å². The summed E-state index contributed by atoms with van der Waals surface area (Å²) < 4.78 is 27.7. The van der Waals surface area contributed by atoms with Gasteiger partial charge in [0.15, 0.2) is 11.6 Å². The lowest BCUT2D eigenvalue weighted by molar-refractivity contribution is 0.176. The SMILES string of the molecule is CCOc1ccc2c(c1)sc1c(F)c(OCC3CCC3)ccc12. The highest BCUT2D eigenvalue weighted by Crippen LogP contribution is 2.40. The number of hydrogen-bond acceptors (Lipinski definition) is 3. The molecule has 0 bridgehead atoms. The lowest BCUT2D eigenvalue weighted by Crippen LogP contribution is -2.19. The van der Waals surface area contributed by atoms with Crippen molar-refractivity contribution in [3.8, 4) is 11.5 Å². The van der Waals surface area contributed by atoms with Crippen LogP contribution >= 0.6 is 11.3 Å². The van der Waals surface area contributed by atoms with E-state index in [2.05, 4.69) is 0 Å². The molecule has 0 unspecified atom stereocenters. The number of fused-ring (bicyclic) bond motifs is 3. The van der Waals surface area contributed by atoms with Crippen LogP contribution in [0.15, 0.2) is 30.3 Å². The van der Waals surface area contributed by atoms with E-state index in [4.69, 9.17) is 9.47 Å². The van der Waals surface area contributed by atoms with Gasteiger partial charge in [0, 0.05) is 15.5 Å². The molecule has 0 N–H and O–H groups in total. The molecule has 1 aliphatic carbocycles. The number of hydrogen-bond donors (Lipinski definition) is 0. The quantitative estimate of drug-likeness (QED) is 0.591. The molecule has 4 rings (SSSR count). The predicted octanol–water partition coefficient (Wildman–Crippen LogP) is 5.77. The van der Waals surface area contributed by atoms with E-state index in [1.165, 1.54) is 30.6 Å². The summed E-state index contributed by atoms with van der Waals surface area (Å²) in [4.78, 5) is 0. The van der Waals surface area contributed by atoms with Crippen molar-refractivity contribution in [3.63, 3.8) is 0 Å². The molecule has 0 atom stereocenters. The minimum absolute atomic E-state index is 0.235. The lowest BCUT2D eigenvalue weighted by atomic mass is 9.86. The van der Waals surface area contributed by atoms with Crippen molar-refractivity contribution < 1.29 is 13.9 Å². The highest BCUT2D eigenvalue weighted by molar-refractivity contribution is 7.25. The van der Waals surface area contributed by atoms with Crippen LogP contribution in [0.1, 0.15) is 26.2 Å². The largest absolute Gasteiger partial charge is 0.494 e. The summed E-state index contributed by atoms with van der Waals surface area (Å²) in [6.45, 7) is 3.21. The molecule has 1 fully saturated rings. The molecule has 23 heavy (non-hydrogen) atoms. The number of rotatable bonds is 5. The van der Waals surface area contributed by atoms with Crippen LogP contribution in [0.5, 0.6) is 11.5 Å². The Labute approximate surface area is 138 Å². The summed E-state index contributed by atoms with van der Waals surface area (Å²) in [5.74, 6) is 1.57. The molecule has 0 spiro atoms. The molecule has 1 saturated carbocycles. The summed E-state index contributed by atoms with van der Waals surface area (Å²) in [5, 5.41) is 2.01. The first kappa shape index (κ1) is 14.8. The second-order valence-electron chi connectivity index (χ2n) is 6.06. The Morgan fingerprint density at radius 3 is 2.70 bits per heavy atom. The third-order valence-electron chi connectivity index (χ3n) is 4.53. The van der Waals surface area contributed by atoms with E-state index in [1.54, 1.807) is 6.07 Å². The molecule has 0 aliphatic heterocycles. The van der Waals surface area contributed by atoms with Gasteiger partial charge in [0.25, 0.3) is 0 Å². The van der Waals surface area contributed by atoms with Gasteiger partial charge in [0.1, 0.15) is 5.75 Å². The molecule has 1 heterocycles. The summed E-state index contributed by atoms with van der Waals surface area (Å²) in [6, 6.07) is 9.66. The molecule has 4 heteroatoms. The van der Waals surface area contributed by atoms with Crippen molar-refractivity contribution in [2.45, 2.75) is 26.2 Å². The summed E-state index contributed by atoms with van der Waals surface area (Å²) in [5.41, 5.74) is 0. The van der Waals surface area contributed by atoms with Gasteiger partial charge in [-0.25, -0.2) is 4.39 Å². The molecule has 3 aromatic rings. The first-order chi connectivity index (χ1) is 11.3. The smallest absolute Gasteiger partial charge is 0.182 e. The summed E-state index contributed by atoms with van der Waals surface area (Å²) >= 11 is 1.46. The number of benzene rings is 2. The monoisotopic (exact) mass is 330 g/mol. The van der Waals surface area contributed by atoms with Gasteiger partial charge in [-0.1, -0.05) is 6.42 Å². The maximum atomic E-state index is 14.8. The van der Waals surface area contributed by atoms with Crippen LogP contribution in [0.3, 0.4) is 0 Å². The van der Waals surface area contributed by atoms with Crippen LogP contribution in [0.4, 0.5) is 4.39 Å². The van der Waals surface area contributed by atoms with E-state index < -0.39 is 0 Å². The van der Waals surface area contributed by atoms with Crippen LogP contribution in [-0.4, -0.2) is 13.2 Å². The zero-order chi connectivity index (χ0) is 15.8. The third kappa shape index (κ3) is 2.65. The minimum Gasteiger partial charge on any atom is -0.494 e. The van der Waals surface area contributed by atoms with Crippen molar-refractivity contribution in [1.29, 1.82) is 0 Å². The Balaban J connectivity index is 1.71. The van der Waals surface area contributed by atoms with Gasteiger partial charge in [0.2, 0.25) is 0 Å². The standard InChI is InChI=1S/C19H19FO2S/c1-2-21-13-6-7-14-15-8-9-16(22-11-12-4-3-5-12)18(20)19(15)23-17(14)10-13/h6-10,12H,2-5,11H2,1H3. The van der Waals surface area contributed by atoms with Crippen LogP contribution in [-0.2, 0) is 0 Å². The van der Waals surface area contributed by atoms with Gasteiger partial charge in [-0.15, -0.1) is 11.3 Å². The number of halogens is 1. The van der Waals surface area contributed by atoms with Crippen LogP contribution in [0.25, 0.3) is 20.2 Å². The van der Waals surface area contributed by atoms with Gasteiger partial charge < -0.3 is 9.47 Å². The maximum Gasteiger partial charge on any atom is 0.182 e. The van der Waals surface area contributed by atoms with E-state index >= 15 is 0 Å². The Kier molecular flexibility index (Phi) is 3.85. The molecule has 2 nitrogen and oxygen atoms in total. The normalized spacial score (nSPS) is 15.0. The van der Waals surface area contributed by atoms with Gasteiger partial charge in [-0.05, 0) is 56.0 Å². The average Bonchev–Trinajstić information content (AvgIpc) is 2.87. The zero-order valence-corrected chi connectivity index (χ0v) is 13.9. The third-order valence-corrected chi connectivity index (χ3v) is 5.69. The summed E-state index contributed by atoms with van der Waals surface area (Å²) in [7, 11) is 0. The van der Waals surface area contributed by atoms with Crippen molar-refractivity contribution in [1.82, 2.24) is 0 Å². The topological polar surface area (TPSA) is 18.5 Å². The highest BCUT2D eigenvalue weighted by Gasteiger charge is 2.20. The van der Waals surface area contributed by atoms with E-state index in [-0.39, 0.29) is 5.82 Å². The minimum atomic E-state index is -0.235. The van der Waals surface area contributed by atoms with E-state index in [1.807, 2.05) is 31.2 Å². The second-order valence-corrected chi connectivity index (χ2v) is 7.11.